The Hall–Kier alpha value is -1.09. The minimum Gasteiger partial charge on any atom is -0.294 e. The molecule has 80 valence electrons. The van der Waals surface area contributed by atoms with E-state index in [0.717, 1.165) is 10.5 Å². The molecule has 0 bridgehead atoms. The van der Waals surface area contributed by atoms with Crippen LogP contribution in [0.2, 0.25) is 0 Å². The first-order valence-corrected chi connectivity index (χ1v) is 5.62. The van der Waals surface area contributed by atoms with Crippen molar-refractivity contribution in [2.75, 3.05) is 5.75 Å². The fourth-order valence-corrected chi connectivity index (χ4v) is 1.84. The molecule has 1 nitrogen and oxygen atoms in total. The summed E-state index contributed by atoms with van der Waals surface area (Å²) in [6, 6.07) is 6.26. The van der Waals surface area contributed by atoms with Gasteiger partial charge in [0.15, 0.2) is 5.78 Å². The molecule has 0 atom stereocenters. The number of hydrogen-bond acceptors (Lipinski definition) is 2. The zero-order chi connectivity index (χ0) is 11.3. The van der Waals surface area contributed by atoms with Crippen LogP contribution in [0, 0.1) is 5.82 Å². The Morgan fingerprint density at radius 2 is 2.20 bits per heavy atom. The normalized spacial score (nSPS) is 9.80. The van der Waals surface area contributed by atoms with Crippen LogP contribution in [0.1, 0.15) is 13.8 Å². The van der Waals surface area contributed by atoms with Crippen LogP contribution in [-0.2, 0) is 4.79 Å². The molecule has 0 aliphatic carbocycles. The second kappa shape index (κ2) is 5.71. The van der Waals surface area contributed by atoms with Crippen molar-refractivity contribution in [3.05, 3.63) is 41.7 Å². The molecule has 0 unspecified atom stereocenters. The lowest BCUT2D eigenvalue weighted by Gasteiger charge is -1.99. The van der Waals surface area contributed by atoms with Crippen molar-refractivity contribution in [3.8, 4) is 0 Å². The Morgan fingerprint density at radius 3 is 2.80 bits per heavy atom. The third-order valence-corrected chi connectivity index (χ3v) is 2.64. The molecule has 0 N–H and O–H groups in total. The Balaban J connectivity index is 2.51. The van der Waals surface area contributed by atoms with Crippen molar-refractivity contribution in [1.29, 1.82) is 0 Å². The Labute approximate surface area is 93.4 Å². The number of hydrogen-bond donors (Lipinski definition) is 0. The molecule has 1 rings (SSSR count). The van der Waals surface area contributed by atoms with Crippen LogP contribution < -0.4 is 0 Å². The van der Waals surface area contributed by atoms with E-state index in [1.54, 1.807) is 18.2 Å². The van der Waals surface area contributed by atoms with E-state index >= 15 is 0 Å². The number of carbonyl (C=O) groups excluding carboxylic acids is 1. The predicted octanol–water partition coefficient (Wildman–Crippen LogP) is 3.45. The van der Waals surface area contributed by atoms with E-state index in [1.807, 2.05) is 13.8 Å². The molecular formula is C12H13FOS. The molecule has 0 saturated carbocycles. The van der Waals surface area contributed by atoms with Crippen molar-refractivity contribution >= 4 is 17.5 Å². The summed E-state index contributed by atoms with van der Waals surface area (Å²) < 4.78 is 12.8. The summed E-state index contributed by atoms with van der Waals surface area (Å²) in [5.74, 6) is 0.146. The fourth-order valence-electron chi connectivity index (χ4n) is 1.07. The SMILES string of the molecule is CC(C)=CC(=O)CSc1cccc(F)c1. The van der Waals surface area contributed by atoms with E-state index in [1.165, 1.54) is 23.9 Å². The molecule has 0 radical (unpaired) electrons. The van der Waals surface area contributed by atoms with Gasteiger partial charge in [-0.3, -0.25) is 4.79 Å². The monoisotopic (exact) mass is 224 g/mol. The van der Waals surface area contributed by atoms with Crippen LogP contribution in [0.15, 0.2) is 40.8 Å². The van der Waals surface area contributed by atoms with E-state index in [-0.39, 0.29) is 11.6 Å². The maximum atomic E-state index is 12.8. The summed E-state index contributed by atoms with van der Waals surface area (Å²) in [6.07, 6.45) is 1.60. The van der Waals surface area contributed by atoms with Gasteiger partial charge in [0.2, 0.25) is 0 Å². The van der Waals surface area contributed by atoms with Crippen LogP contribution in [0.4, 0.5) is 4.39 Å². The maximum Gasteiger partial charge on any atom is 0.165 e. The molecule has 0 spiro atoms. The van der Waals surface area contributed by atoms with Gasteiger partial charge in [-0.15, -0.1) is 11.8 Å². The lowest BCUT2D eigenvalue weighted by atomic mass is 10.3. The minimum absolute atomic E-state index is 0.0595. The van der Waals surface area contributed by atoms with E-state index in [0.29, 0.717) is 5.75 Å². The average Bonchev–Trinajstić information content (AvgIpc) is 2.14. The van der Waals surface area contributed by atoms with Crippen molar-refractivity contribution in [2.24, 2.45) is 0 Å². The third kappa shape index (κ3) is 4.79. The highest BCUT2D eigenvalue weighted by Gasteiger charge is 2.00. The topological polar surface area (TPSA) is 17.1 Å². The van der Waals surface area contributed by atoms with Gasteiger partial charge in [-0.25, -0.2) is 4.39 Å². The molecule has 1 aromatic carbocycles. The van der Waals surface area contributed by atoms with E-state index in [9.17, 15) is 9.18 Å². The molecule has 0 fully saturated rings. The number of allylic oxidation sites excluding steroid dienone is 2. The van der Waals surface area contributed by atoms with Gasteiger partial charge in [-0.1, -0.05) is 11.6 Å². The number of halogens is 1. The summed E-state index contributed by atoms with van der Waals surface area (Å²) in [7, 11) is 0. The van der Waals surface area contributed by atoms with E-state index < -0.39 is 0 Å². The molecule has 1 aromatic rings. The van der Waals surface area contributed by atoms with E-state index in [4.69, 9.17) is 0 Å². The first-order valence-electron chi connectivity index (χ1n) is 4.64. The highest BCUT2D eigenvalue weighted by atomic mass is 32.2. The molecule has 0 aromatic heterocycles. The van der Waals surface area contributed by atoms with Gasteiger partial charge < -0.3 is 0 Å². The summed E-state index contributed by atoms with van der Waals surface area (Å²) in [5, 5.41) is 0. The summed E-state index contributed by atoms with van der Waals surface area (Å²) >= 11 is 1.35. The number of carbonyl (C=O) groups is 1. The minimum atomic E-state index is -0.269. The predicted molar refractivity (Wildman–Crippen MR) is 61.6 cm³/mol. The largest absolute Gasteiger partial charge is 0.294 e. The summed E-state index contributed by atoms with van der Waals surface area (Å²) in [4.78, 5) is 12.1. The van der Waals surface area contributed by atoms with Crippen molar-refractivity contribution in [3.63, 3.8) is 0 Å². The Bertz CT molecular complexity index is 381. The number of ketones is 1. The molecule has 0 heterocycles. The van der Waals surface area contributed by atoms with Gasteiger partial charge in [0.05, 0.1) is 5.75 Å². The highest BCUT2D eigenvalue weighted by molar-refractivity contribution is 8.00. The molecule has 3 heteroatoms. The second-order valence-electron chi connectivity index (χ2n) is 3.43. The van der Waals surface area contributed by atoms with Crippen LogP contribution >= 0.6 is 11.8 Å². The summed E-state index contributed by atoms with van der Waals surface area (Å²) in [6.45, 7) is 3.76. The summed E-state index contributed by atoms with van der Waals surface area (Å²) in [5.41, 5.74) is 0.986. The first kappa shape index (κ1) is 12.0. The van der Waals surface area contributed by atoms with Gasteiger partial charge in [0.1, 0.15) is 5.82 Å². The highest BCUT2D eigenvalue weighted by Crippen LogP contribution is 2.18. The van der Waals surface area contributed by atoms with Crippen LogP contribution in [0.5, 0.6) is 0 Å². The van der Waals surface area contributed by atoms with Crippen LogP contribution in [0.3, 0.4) is 0 Å². The lowest BCUT2D eigenvalue weighted by molar-refractivity contribution is -0.112. The van der Waals surface area contributed by atoms with Gasteiger partial charge >= 0.3 is 0 Å². The zero-order valence-electron chi connectivity index (χ0n) is 8.79. The quantitative estimate of drug-likeness (QED) is 0.575. The maximum absolute atomic E-state index is 12.8. The number of thioether (sulfide) groups is 1. The van der Waals surface area contributed by atoms with Crippen molar-refractivity contribution in [2.45, 2.75) is 18.7 Å². The van der Waals surface area contributed by atoms with Gasteiger partial charge in [-0.2, -0.15) is 0 Å². The van der Waals surface area contributed by atoms with Crippen molar-refractivity contribution < 1.29 is 9.18 Å². The van der Waals surface area contributed by atoms with Crippen LogP contribution in [-0.4, -0.2) is 11.5 Å². The second-order valence-corrected chi connectivity index (χ2v) is 4.48. The van der Waals surface area contributed by atoms with Gasteiger partial charge in [0.25, 0.3) is 0 Å². The zero-order valence-corrected chi connectivity index (χ0v) is 9.60. The Morgan fingerprint density at radius 1 is 1.47 bits per heavy atom. The molecule has 0 aliphatic rings. The van der Waals surface area contributed by atoms with Crippen LogP contribution in [0.25, 0.3) is 0 Å². The first-order chi connectivity index (χ1) is 7.08. The molecular weight excluding hydrogens is 211 g/mol. The molecule has 0 saturated heterocycles. The van der Waals surface area contributed by atoms with Gasteiger partial charge in [0, 0.05) is 4.90 Å². The van der Waals surface area contributed by atoms with Crippen molar-refractivity contribution in [1.82, 2.24) is 0 Å². The standard InChI is InChI=1S/C12H13FOS/c1-9(2)6-11(14)8-15-12-5-3-4-10(13)7-12/h3-7H,8H2,1-2H3. The smallest absolute Gasteiger partial charge is 0.165 e. The van der Waals surface area contributed by atoms with Gasteiger partial charge in [-0.05, 0) is 38.1 Å². The molecule has 0 aliphatic heterocycles. The van der Waals surface area contributed by atoms with E-state index in [2.05, 4.69) is 0 Å². The Kier molecular flexibility index (Phi) is 4.56. The fraction of sp³-hybridized carbons (Fsp3) is 0.250. The molecule has 0 amide bonds. The number of rotatable bonds is 4. The molecule has 15 heavy (non-hydrogen) atoms. The third-order valence-electron chi connectivity index (χ3n) is 1.63. The lowest BCUT2D eigenvalue weighted by Crippen LogP contribution is -1.96. The average molecular weight is 224 g/mol. The number of benzene rings is 1.